The summed E-state index contributed by atoms with van der Waals surface area (Å²) < 4.78 is 0. The summed E-state index contributed by atoms with van der Waals surface area (Å²) in [7, 11) is 0. The number of halogens is 1. The Morgan fingerprint density at radius 1 is 1.05 bits per heavy atom. The number of piperazine rings is 1. The summed E-state index contributed by atoms with van der Waals surface area (Å²) in [6.45, 7) is 6.95. The van der Waals surface area contributed by atoms with Crippen LogP contribution in [0.1, 0.15) is 18.2 Å². The molecule has 1 saturated heterocycles. The second-order valence-corrected chi connectivity index (χ2v) is 5.88. The lowest BCUT2D eigenvalue weighted by Gasteiger charge is -2.34. The molecule has 0 amide bonds. The van der Waals surface area contributed by atoms with Crippen LogP contribution in [-0.2, 0) is 13.0 Å². The largest absolute Gasteiger partial charge is 0.353 e. The van der Waals surface area contributed by atoms with Gasteiger partial charge in [0.25, 0.3) is 0 Å². The molecular weight excluding hydrogens is 298 g/mol. The Bertz CT molecular complexity index is 591. The van der Waals surface area contributed by atoms with E-state index in [1.807, 2.05) is 12.3 Å². The Labute approximate surface area is 135 Å². The molecule has 116 valence electrons. The number of aryl methyl sites for hydroxylation is 1. The highest BCUT2D eigenvalue weighted by molar-refractivity contribution is 6.29. The molecule has 0 saturated carbocycles. The maximum absolute atomic E-state index is 5.78. The topological polar surface area (TPSA) is 45.2 Å². The first-order chi connectivity index (χ1) is 10.7. The van der Waals surface area contributed by atoms with E-state index in [0.717, 1.165) is 50.7 Å². The van der Waals surface area contributed by atoms with Crippen LogP contribution in [0, 0.1) is 0 Å². The molecule has 3 heterocycles. The van der Waals surface area contributed by atoms with Gasteiger partial charge in [-0.1, -0.05) is 24.6 Å². The second kappa shape index (κ2) is 7.03. The molecule has 1 aliphatic heterocycles. The molecule has 0 radical (unpaired) electrons. The van der Waals surface area contributed by atoms with Crippen molar-refractivity contribution >= 4 is 17.4 Å². The lowest BCUT2D eigenvalue weighted by Crippen LogP contribution is -2.46. The summed E-state index contributed by atoms with van der Waals surface area (Å²) in [5.41, 5.74) is 2.42. The summed E-state index contributed by atoms with van der Waals surface area (Å²) in [6.07, 6.45) is 3.02. The minimum atomic E-state index is 0.434. The average Bonchev–Trinajstić information content (AvgIpc) is 2.57. The van der Waals surface area contributed by atoms with Crippen molar-refractivity contribution in [3.05, 3.63) is 46.9 Å². The monoisotopic (exact) mass is 317 g/mol. The van der Waals surface area contributed by atoms with E-state index in [2.05, 4.69) is 44.0 Å². The van der Waals surface area contributed by atoms with E-state index in [1.54, 1.807) is 6.07 Å². The Morgan fingerprint density at radius 2 is 1.86 bits per heavy atom. The molecule has 3 rings (SSSR count). The first-order valence-electron chi connectivity index (χ1n) is 7.65. The Morgan fingerprint density at radius 3 is 2.45 bits per heavy atom. The van der Waals surface area contributed by atoms with E-state index >= 15 is 0 Å². The van der Waals surface area contributed by atoms with Gasteiger partial charge in [-0.15, -0.1) is 10.2 Å². The Hall–Kier alpha value is -1.72. The van der Waals surface area contributed by atoms with Crippen LogP contribution in [0.3, 0.4) is 0 Å². The van der Waals surface area contributed by atoms with E-state index in [9.17, 15) is 0 Å². The highest BCUT2D eigenvalue weighted by Crippen LogP contribution is 2.15. The van der Waals surface area contributed by atoms with Crippen LogP contribution >= 0.6 is 11.6 Å². The summed E-state index contributed by atoms with van der Waals surface area (Å²) in [6, 6.07) is 8.02. The lowest BCUT2D eigenvalue weighted by molar-refractivity contribution is 0.246. The van der Waals surface area contributed by atoms with Gasteiger partial charge in [-0.2, -0.15) is 0 Å². The van der Waals surface area contributed by atoms with Crippen LogP contribution in [0.15, 0.2) is 30.5 Å². The summed E-state index contributed by atoms with van der Waals surface area (Å²) in [4.78, 5) is 9.21. The summed E-state index contributed by atoms with van der Waals surface area (Å²) in [5, 5.41) is 8.48. The zero-order chi connectivity index (χ0) is 15.4. The predicted molar refractivity (Wildman–Crippen MR) is 88.1 cm³/mol. The van der Waals surface area contributed by atoms with Crippen molar-refractivity contribution in [1.82, 2.24) is 20.1 Å². The molecule has 0 unspecified atom stereocenters. The molecule has 0 N–H and O–H groups in total. The molecule has 1 fully saturated rings. The van der Waals surface area contributed by atoms with Crippen molar-refractivity contribution in [3.8, 4) is 0 Å². The molecule has 0 spiro atoms. The number of hydrogen-bond acceptors (Lipinski definition) is 5. The van der Waals surface area contributed by atoms with Gasteiger partial charge in [0.2, 0.25) is 0 Å². The van der Waals surface area contributed by atoms with Gasteiger partial charge < -0.3 is 4.90 Å². The van der Waals surface area contributed by atoms with E-state index in [1.165, 1.54) is 5.56 Å². The van der Waals surface area contributed by atoms with Crippen LogP contribution < -0.4 is 4.90 Å². The number of nitrogens with zero attached hydrogens (tertiary/aromatic N) is 5. The van der Waals surface area contributed by atoms with Crippen molar-refractivity contribution in [1.29, 1.82) is 0 Å². The molecule has 0 bridgehead atoms. The highest BCUT2D eigenvalue weighted by Gasteiger charge is 2.18. The standard InChI is InChI=1S/C16H20ClN5/c1-2-13-3-4-14(18-11-13)12-21-7-9-22(10-8-21)16-6-5-15(17)19-20-16/h3-6,11H,2,7-10,12H2,1H3. The minimum Gasteiger partial charge on any atom is -0.353 e. The van der Waals surface area contributed by atoms with Crippen LogP contribution in [0.25, 0.3) is 0 Å². The fraction of sp³-hybridized carbons (Fsp3) is 0.438. The molecule has 2 aromatic rings. The second-order valence-electron chi connectivity index (χ2n) is 5.49. The van der Waals surface area contributed by atoms with Gasteiger partial charge in [0.05, 0.1) is 5.69 Å². The van der Waals surface area contributed by atoms with Crippen molar-refractivity contribution in [2.75, 3.05) is 31.1 Å². The molecule has 0 aromatic carbocycles. The van der Waals surface area contributed by atoms with Crippen LogP contribution in [0.2, 0.25) is 5.15 Å². The maximum atomic E-state index is 5.78. The smallest absolute Gasteiger partial charge is 0.151 e. The van der Waals surface area contributed by atoms with Crippen molar-refractivity contribution in [2.45, 2.75) is 19.9 Å². The number of rotatable bonds is 4. The molecule has 2 aromatic heterocycles. The molecule has 22 heavy (non-hydrogen) atoms. The van der Waals surface area contributed by atoms with Gasteiger partial charge in [-0.3, -0.25) is 9.88 Å². The fourth-order valence-corrected chi connectivity index (χ4v) is 2.70. The van der Waals surface area contributed by atoms with Crippen LogP contribution in [0.4, 0.5) is 5.82 Å². The van der Waals surface area contributed by atoms with E-state index in [-0.39, 0.29) is 0 Å². The van der Waals surface area contributed by atoms with Crippen molar-refractivity contribution < 1.29 is 0 Å². The number of aromatic nitrogens is 3. The molecule has 0 aliphatic carbocycles. The fourth-order valence-electron chi connectivity index (χ4n) is 2.60. The van der Waals surface area contributed by atoms with E-state index in [4.69, 9.17) is 11.6 Å². The SMILES string of the molecule is CCc1ccc(CN2CCN(c3ccc(Cl)nn3)CC2)nc1. The van der Waals surface area contributed by atoms with Crippen LogP contribution in [0.5, 0.6) is 0 Å². The molecule has 1 aliphatic rings. The third-order valence-corrected chi connectivity index (χ3v) is 4.20. The zero-order valence-corrected chi connectivity index (χ0v) is 13.5. The first-order valence-corrected chi connectivity index (χ1v) is 8.02. The third-order valence-electron chi connectivity index (χ3n) is 3.99. The average molecular weight is 318 g/mol. The van der Waals surface area contributed by atoms with Gasteiger partial charge in [0.15, 0.2) is 11.0 Å². The predicted octanol–water partition coefficient (Wildman–Crippen LogP) is 2.41. The van der Waals surface area contributed by atoms with Gasteiger partial charge in [0, 0.05) is 38.9 Å². The van der Waals surface area contributed by atoms with Crippen molar-refractivity contribution in [2.24, 2.45) is 0 Å². The Kier molecular flexibility index (Phi) is 4.85. The zero-order valence-electron chi connectivity index (χ0n) is 12.7. The quantitative estimate of drug-likeness (QED) is 0.866. The van der Waals surface area contributed by atoms with E-state index < -0.39 is 0 Å². The summed E-state index contributed by atoms with van der Waals surface area (Å²) in [5.74, 6) is 0.898. The number of anilines is 1. The number of pyridine rings is 1. The third kappa shape index (κ3) is 3.72. The number of hydrogen-bond donors (Lipinski definition) is 0. The van der Waals surface area contributed by atoms with Gasteiger partial charge in [-0.05, 0) is 30.2 Å². The summed E-state index contributed by atoms with van der Waals surface area (Å²) >= 11 is 5.78. The molecular formula is C16H20ClN5. The normalized spacial score (nSPS) is 16.0. The molecule has 0 atom stereocenters. The molecule has 5 nitrogen and oxygen atoms in total. The molecule has 6 heteroatoms. The van der Waals surface area contributed by atoms with Gasteiger partial charge in [0.1, 0.15) is 0 Å². The van der Waals surface area contributed by atoms with E-state index in [0.29, 0.717) is 5.15 Å². The maximum Gasteiger partial charge on any atom is 0.151 e. The Balaban J connectivity index is 1.53. The first kappa shape index (κ1) is 15.2. The van der Waals surface area contributed by atoms with Gasteiger partial charge in [-0.25, -0.2) is 0 Å². The van der Waals surface area contributed by atoms with Crippen LogP contribution in [-0.4, -0.2) is 46.3 Å². The van der Waals surface area contributed by atoms with Gasteiger partial charge >= 0.3 is 0 Å². The van der Waals surface area contributed by atoms with Crippen molar-refractivity contribution in [3.63, 3.8) is 0 Å². The lowest BCUT2D eigenvalue weighted by atomic mass is 10.2. The minimum absolute atomic E-state index is 0.434. The highest BCUT2D eigenvalue weighted by atomic mass is 35.5.